The summed E-state index contributed by atoms with van der Waals surface area (Å²) >= 11 is 0. The predicted molar refractivity (Wildman–Crippen MR) is 87.2 cm³/mol. The molecule has 2 rings (SSSR count). The van der Waals surface area contributed by atoms with Crippen LogP contribution in [-0.2, 0) is 10.0 Å². The zero-order valence-corrected chi connectivity index (χ0v) is 14.1. The lowest BCUT2D eigenvalue weighted by Gasteiger charge is -2.38. The van der Waals surface area contributed by atoms with Gasteiger partial charge in [0.05, 0.1) is 11.4 Å². The topological polar surface area (TPSA) is 92.4 Å². The predicted octanol–water partition coefficient (Wildman–Crippen LogP) is 0.364. The normalized spacial score (nSPS) is 19.6. The van der Waals surface area contributed by atoms with Gasteiger partial charge >= 0.3 is 0 Å². The quantitative estimate of drug-likeness (QED) is 0.811. The van der Waals surface area contributed by atoms with E-state index in [-0.39, 0.29) is 5.75 Å². The number of primary sulfonamides is 1. The first-order valence-electron chi connectivity index (χ1n) is 7.61. The van der Waals surface area contributed by atoms with E-state index in [4.69, 9.17) is 5.14 Å². The lowest BCUT2D eigenvalue weighted by atomic mass is 10.0. The highest BCUT2D eigenvalue weighted by Gasteiger charge is 2.24. The minimum atomic E-state index is -3.36. The summed E-state index contributed by atoms with van der Waals surface area (Å²) in [6.45, 7) is 4.53. The maximum absolute atomic E-state index is 11.0. The number of hydrogen-bond acceptors (Lipinski definition) is 6. The highest BCUT2D eigenvalue weighted by molar-refractivity contribution is 7.89. The number of sulfonamides is 1. The van der Waals surface area contributed by atoms with Gasteiger partial charge in [-0.05, 0) is 51.9 Å². The molecule has 0 aliphatic carbocycles. The van der Waals surface area contributed by atoms with Gasteiger partial charge < -0.3 is 9.80 Å². The maximum Gasteiger partial charge on any atom is 0.209 e. The molecule has 0 amide bonds. The van der Waals surface area contributed by atoms with Gasteiger partial charge in [0, 0.05) is 19.1 Å². The van der Waals surface area contributed by atoms with Crippen molar-refractivity contribution in [1.29, 1.82) is 0 Å². The van der Waals surface area contributed by atoms with Crippen LogP contribution in [0.2, 0.25) is 0 Å². The van der Waals surface area contributed by atoms with Crippen LogP contribution in [0.1, 0.15) is 25.0 Å². The summed E-state index contributed by atoms with van der Waals surface area (Å²) in [5.74, 6) is 0.949. The van der Waals surface area contributed by atoms with Crippen LogP contribution in [-0.4, -0.2) is 62.0 Å². The van der Waals surface area contributed by atoms with E-state index in [9.17, 15) is 8.42 Å². The summed E-state index contributed by atoms with van der Waals surface area (Å²) in [6.07, 6.45) is 2.78. The Morgan fingerprint density at radius 2 is 2.18 bits per heavy atom. The molecule has 7 nitrogen and oxygen atoms in total. The first kappa shape index (κ1) is 17.1. The van der Waals surface area contributed by atoms with E-state index in [2.05, 4.69) is 20.0 Å². The second-order valence-electron chi connectivity index (χ2n) is 5.98. The third-order valence-electron chi connectivity index (χ3n) is 4.07. The number of hydrogen-bond donors (Lipinski definition) is 1. The summed E-state index contributed by atoms with van der Waals surface area (Å²) in [6, 6.07) is 4.38. The molecule has 1 fully saturated rings. The third-order valence-corrected chi connectivity index (χ3v) is 4.93. The fourth-order valence-electron chi connectivity index (χ4n) is 2.78. The summed E-state index contributed by atoms with van der Waals surface area (Å²) in [7, 11) is -1.32. The van der Waals surface area contributed by atoms with Gasteiger partial charge in [0.25, 0.3) is 0 Å². The molecule has 22 heavy (non-hydrogen) atoms. The Labute approximate surface area is 132 Å². The Bertz CT molecular complexity index is 575. The molecule has 2 heterocycles. The molecule has 124 valence electrons. The van der Waals surface area contributed by atoms with E-state index in [1.165, 1.54) is 0 Å². The number of rotatable bonds is 6. The van der Waals surface area contributed by atoms with Gasteiger partial charge in [-0.1, -0.05) is 0 Å². The molecule has 0 aromatic carbocycles. The molecule has 1 aliphatic rings. The van der Waals surface area contributed by atoms with E-state index >= 15 is 0 Å². The van der Waals surface area contributed by atoms with Crippen LogP contribution < -0.4 is 10.0 Å². The van der Waals surface area contributed by atoms with Crippen molar-refractivity contribution in [3.05, 3.63) is 17.8 Å². The Morgan fingerprint density at radius 3 is 2.82 bits per heavy atom. The van der Waals surface area contributed by atoms with Gasteiger partial charge in [-0.2, -0.15) is 5.10 Å². The first-order valence-corrected chi connectivity index (χ1v) is 9.33. The monoisotopic (exact) mass is 327 g/mol. The molecular weight excluding hydrogens is 302 g/mol. The highest BCUT2D eigenvalue weighted by Crippen LogP contribution is 2.20. The van der Waals surface area contributed by atoms with E-state index < -0.39 is 10.0 Å². The Morgan fingerprint density at radius 1 is 1.41 bits per heavy atom. The molecule has 0 saturated carbocycles. The van der Waals surface area contributed by atoms with E-state index in [1.54, 1.807) is 0 Å². The van der Waals surface area contributed by atoms with Crippen molar-refractivity contribution < 1.29 is 8.42 Å². The number of piperidine rings is 1. The number of nitrogens with two attached hydrogens (primary N) is 1. The van der Waals surface area contributed by atoms with Crippen LogP contribution in [0.4, 0.5) is 5.82 Å². The molecule has 0 bridgehead atoms. The number of aryl methyl sites for hydroxylation is 1. The zero-order valence-electron chi connectivity index (χ0n) is 13.3. The van der Waals surface area contributed by atoms with E-state index in [0.29, 0.717) is 12.5 Å². The van der Waals surface area contributed by atoms with Gasteiger partial charge in [-0.25, -0.2) is 13.6 Å². The molecule has 1 saturated heterocycles. The number of anilines is 1. The SMILES string of the molecule is Cc1ccc(N2CCC[C@H](N(C)CCCS(N)(=O)=O)C2)nn1. The van der Waals surface area contributed by atoms with Crippen molar-refractivity contribution in [1.82, 2.24) is 15.1 Å². The second kappa shape index (κ2) is 7.34. The number of aromatic nitrogens is 2. The van der Waals surface area contributed by atoms with E-state index in [1.807, 2.05) is 26.1 Å². The van der Waals surface area contributed by atoms with Crippen LogP contribution in [0.15, 0.2) is 12.1 Å². The summed E-state index contributed by atoms with van der Waals surface area (Å²) in [5, 5.41) is 13.4. The molecule has 0 spiro atoms. The highest BCUT2D eigenvalue weighted by atomic mass is 32.2. The average Bonchev–Trinajstić information content (AvgIpc) is 2.47. The van der Waals surface area contributed by atoms with E-state index in [0.717, 1.165) is 44.0 Å². The number of likely N-dealkylation sites (N-methyl/N-ethyl adjacent to an activating group) is 1. The van der Waals surface area contributed by atoms with Gasteiger partial charge in [-0.3, -0.25) is 0 Å². The molecule has 1 atom stereocenters. The second-order valence-corrected chi connectivity index (χ2v) is 7.71. The summed E-state index contributed by atoms with van der Waals surface area (Å²) < 4.78 is 22.0. The third kappa shape index (κ3) is 5.19. The Hall–Kier alpha value is -1.25. The Balaban J connectivity index is 1.88. The van der Waals surface area contributed by atoms with Crippen LogP contribution in [0.3, 0.4) is 0 Å². The van der Waals surface area contributed by atoms with Gasteiger partial charge in [0.1, 0.15) is 0 Å². The fourth-order valence-corrected chi connectivity index (χ4v) is 3.31. The van der Waals surface area contributed by atoms with Crippen molar-refractivity contribution in [2.75, 3.05) is 37.3 Å². The Kier molecular flexibility index (Phi) is 5.71. The van der Waals surface area contributed by atoms with Crippen molar-refractivity contribution in [3.63, 3.8) is 0 Å². The zero-order chi connectivity index (χ0) is 16.2. The maximum atomic E-state index is 11.0. The molecule has 8 heteroatoms. The first-order chi connectivity index (χ1) is 10.3. The van der Waals surface area contributed by atoms with Crippen molar-refractivity contribution in [3.8, 4) is 0 Å². The smallest absolute Gasteiger partial charge is 0.209 e. The number of nitrogens with zero attached hydrogens (tertiary/aromatic N) is 4. The molecule has 2 N–H and O–H groups in total. The average molecular weight is 327 g/mol. The fraction of sp³-hybridized carbons (Fsp3) is 0.714. The molecule has 1 aromatic heterocycles. The van der Waals surface area contributed by atoms with Crippen molar-refractivity contribution >= 4 is 15.8 Å². The van der Waals surface area contributed by atoms with Crippen LogP contribution >= 0.6 is 0 Å². The van der Waals surface area contributed by atoms with Crippen LogP contribution in [0, 0.1) is 6.92 Å². The molecule has 1 aromatic rings. The molecular formula is C14H25N5O2S. The van der Waals surface area contributed by atoms with Gasteiger partial charge in [0.2, 0.25) is 10.0 Å². The summed E-state index contributed by atoms with van der Waals surface area (Å²) in [4.78, 5) is 4.47. The molecule has 0 radical (unpaired) electrons. The molecule has 1 aliphatic heterocycles. The van der Waals surface area contributed by atoms with Crippen molar-refractivity contribution in [2.45, 2.75) is 32.2 Å². The largest absolute Gasteiger partial charge is 0.354 e. The van der Waals surface area contributed by atoms with Gasteiger partial charge in [-0.15, -0.1) is 5.10 Å². The van der Waals surface area contributed by atoms with Crippen LogP contribution in [0.25, 0.3) is 0 Å². The lowest BCUT2D eigenvalue weighted by molar-refractivity contribution is 0.215. The van der Waals surface area contributed by atoms with Gasteiger partial charge in [0.15, 0.2) is 5.82 Å². The standard InChI is InChI=1S/C14H25N5O2S/c1-12-6-7-14(17-16-12)19-9-3-5-13(11-19)18(2)8-4-10-22(15,20)21/h6-7,13H,3-5,8-11H2,1-2H3,(H2,15,20,21)/t13-/m0/s1. The summed E-state index contributed by atoms with van der Waals surface area (Å²) in [5.41, 5.74) is 0.914. The lowest BCUT2D eigenvalue weighted by Crippen LogP contribution is -2.47. The minimum Gasteiger partial charge on any atom is -0.354 e. The molecule has 0 unspecified atom stereocenters. The van der Waals surface area contributed by atoms with Crippen molar-refractivity contribution in [2.24, 2.45) is 5.14 Å². The minimum absolute atomic E-state index is 0.0389. The van der Waals surface area contributed by atoms with Crippen LogP contribution in [0.5, 0.6) is 0 Å².